The molecule has 3 amide bonds. The number of rotatable bonds is 8. The molecular formula is C24H21ClN4O5. The first-order chi connectivity index (χ1) is 16.4. The van der Waals surface area contributed by atoms with Gasteiger partial charge in [-0.25, -0.2) is 5.43 Å². The summed E-state index contributed by atoms with van der Waals surface area (Å²) in [5, 5.41) is 9.34. The number of amides is 3. The second-order valence-electron chi connectivity index (χ2n) is 6.77. The molecule has 0 aromatic heterocycles. The van der Waals surface area contributed by atoms with E-state index in [0.29, 0.717) is 33.5 Å². The van der Waals surface area contributed by atoms with E-state index in [9.17, 15) is 14.4 Å². The van der Waals surface area contributed by atoms with Crippen molar-refractivity contribution in [2.75, 3.05) is 24.4 Å². The Labute approximate surface area is 200 Å². The van der Waals surface area contributed by atoms with Crippen LogP contribution >= 0.6 is 11.6 Å². The molecule has 0 unspecified atom stereocenters. The minimum Gasteiger partial charge on any atom is -0.497 e. The summed E-state index contributed by atoms with van der Waals surface area (Å²) in [6.45, 7) is -0.254. The van der Waals surface area contributed by atoms with Gasteiger partial charge in [0.05, 0.1) is 13.3 Å². The Morgan fingerprint density at radius 3 is 2.41 bits per heavy atom. The second-order valence-corrected chi connectivity index (χ2v) is 7.21. The Morgan fingerprint density at radius 1 is 0.912 bits per heavy atom. The third kappa shape index (κ3) is 7.35. The van der Waals surface area contributed by atoms with Gasteiger partial charge in [-0.15, -0.1) is 0 Å². The average Bonchev–Trinajstić information content (AvgIpc) is 2.83. The van der Waals surface area contributed by atoms with Crippen molar-refractivity contribution < 1.29 is 23.9 Å². The molecule has 9 nitrogen and oxygen atoms in total. The van der Waals surface area contributed by atoms with Crippen LogP contribution in [0.3, 0.4) is 0 Å². The van der Waals surface area contributed by atoms with Crippen molar-refractivity contribution in [2.45, 2.75) is 0 Å². The molecule has 0 aliphatic rings. The highest BCUT2D eigenvalue weighted by atomic mass is 35.5. The van der Waals surface area contributed by atoms with E-state index in [2.05, 4.69) is 21.2 Å². The highest BCUT2D eigenvalue weighted by Gasteiger charge is 2.13. The summed E-state index contributed by atoms with van der Waals surface area (Å²) in [5.74, 6) is -1.26. The first-order valence-electron chi connectivity index (χ1n) is 10.0. The molecule has 34 heavy (non-hydrogen) atoms. The molecule has 0 heterocycles. The van der Waals surface area contributed by atoms with Gasteiger partial charge in [0.2, 0.25) is 0 Å². The van der Waals surface area contributed by atoms with Gasteiger partial charge in [0.1, 0.15) is 11.5 Å². The molecule has 0 aliphatic carbocycles. The maximum Gasteiger partial charge on any atom is 0.329 e. The maximum absolute atomic E-state index is 12.2. The largest absolute Gasteiger partial charge is 0.497 e. The number of carbonyl (C=O) groups is 3. The smallest absolute Gasteiger partial charge is 0.329 e. The predicted octanol–water partition coefficient (Wildman–Crippen LogP) is 3.45. The highest BCUT2D eigenvalue weighted by Crippen LogP contribution is 2.18. The molecule has 0 bridgehead atoms. The molecule has 0 spiro atoms. The number of hydrogen-bond acceptors (Lipinski definition) is 6. The molecule has 174 valence electrons. The van der Waals surface area contributed by atoms with Gasteiger partial charge in [-0.2, -0.15) is 5.10 Å². The number of nitrogens with one attached hydrogen (secondary N) is 3. The second kappa shape index (κ2) is 12.0. The van der Waals surface area contributed by atoms with Crippen molar-refractivity contribution in [3.8, 4) is 11.5 Å². The number of carbonyl (C=O) groups excluding carboxylic acids is 3. The van der Waals surface area contributed by atoms with Crippen LogP contribution in [-0.4, -0.2) is 37.7 Å². The zero-order chi connectivity index (χ0) is 24.3. The van der Waals surface area contributed by atoms with Crippen molar-refractivity contribution in [3.05, 3.63) is 83.4 Å². The van der Waals surface area contributed by atoms with Gasteiger partial charge in [-0.05, 0) is 42.5 Å². The Balaban J connectivity index is 1.53. The number of hydrogen-bond donors (Lipinski definition) is 3. The zero-order valence-electron chi connectivity index (χ0n) is 18.1. The van der Waals surface area contributed by atoms with Gasteiger partial charge >= 0.3 is 11.8 Å². The number of hydrazone groups is 1. The Morgan fingerprint density at radius 2 is 1.65 bits per heavy atom. The number of ether oxygens (including phenoxy) is 2. The van der Waals surface area contributed by atoms with Gasteiger partial charge in [0, 0.05) is 28.0 Å². The van der Waals surface area contributed by atoms with Crippen LogP contribution in [0.5, 0.6) is 11.5 Å². The standard InChI is InChI=1S/C24H21ClN4O5/c1-33-20-10-5-9-19(13-20)27-22(30)15-34-21-11-3-2-6-16(21)14-26-29-24(32)23(31)28-18-8-4-7-17(25)12-18/h2-14H,15H2,1H3,(H,27,30)(H,28,31)(H,29,32)/b26-14-. The molecule has 0 radical (unpaired) electrons. The number of nitrogens with zero attached hydrogens (tertiary/aromatic N) is 1. The molecule has 0 saturated heterocycles. The summed E-state index contributed by atoms with van der Waals surface area (Å²) in [7, 11) is 1.54. The van der Waals surface area contributed by atoms with Gasteiger partial charge in [0.25, 0.3) is 5.91 Å². The lowest BCUT2D eigenvalue weighted by atomic mass is 10.2. The lowest BCUT2D eigenvalue weighted by Gasteiger charge is -2.10. The van der Waals surface area contributed by atoms with Crippen LogP contribution in [0.1, 0.15) is 5.56 Å². The lowest BCUT2D eigenvalue weighted by molar-refractivity contribution is -0.136. The minimum absolute atomic E-state index is 0.254. The van der Waals surface area contributed by atoms with E-state index in [1.165, 1.54) is 19.4 Å². The predicted molar refractivity (Wildman–Crippen MR) is 129 cm³/mol. The van der Waals surface area contributed by atoms with E-state index in [4.69, 9.17) is 21.1 Å². The van der Waals surface area contributed by atoms with Crippen LogP contribution < -0.4 is 25.5 Å². The Bertz CT molecular complexity index is 1220. The zero-order valence-corrected chi connectivity index (χ0v) is 18.8. The Kier molecular flexibility index (Phi) is 8.59. The SMILES string of the molecule is COc1cccc(NC(=O)COc2ccccc2/C=N\NC(=O)C(=O)Nc2cccc(Cl)c2)c1. The first-order valence-corrected chi connectivity index (χ1v) is 10.4. The topological polar surface area (TPSA) is 118 Å². The van der Waals surface area contributed by atoms with E-state index in [1.54, 1.807) is 66.7 Å². The fourth-order valence-electron chi connectivity index (χ4n) is 2.73. The Hall–Kier alpha value is -4.37. The summed E-state index contributed by atoms with van der Waals surface area (Å²) in [4.78, 5) is 36.2. The van der Waals surface area contributed by atoms with Crippen LogP contribution in [0, 0.1) is 0 Å². The first kappa shape index (κ1) is 24.3. The number of anilines is 2. The molecule has 0 saturated carbocycles. The maximum atomic E-state index is 12.2. The third-order valence-corrected chi connectivity index (χ3v) is 4.52. The van der Waals surface area contributed by atoms with E-state index >= 15 is 0 Å². The van der Waals surface area contributed by atoms with Crippen LogP contribution in [-0.2, 0) is 14.4 Å². The normalized spacial score (nSPS) is 10.4. The summed E-state index contributed by atoms with van der Waals surface area (Å²) in [6.07, 6.45) is 1.31. The molecule has 3 rings (SSSR count). The number of halogens is 1. The van der Waals surface area contributed by atoms with Crippen LogP contribution in [0.15, 0.2) is 77.9 Å². The monoisotopic (exact) mass is 480 g/mol. The van der Waals surface area contributed by atoms with Gasteiger partial charge in [-0.1, -0.05) is 35.9 Å². The van der Waals surface area contributed by atoms with Crippen molar-refractivity contribution in [2.24, 2.45) is 5.10 Å². The summed E-state index contributed by atoms with van der Waals surface area (Å²) in [5.41, 5.74) is 3.58. The fourth-order valence-corrected chi connectivity index (χ4v) is 2.92. The quantitative estimate of drug-likeness (QED) is 0.259. The van der Waals surface area contributed by atoms with Crippen LogP contribution in [0.4, 0.5) is 11.4 Å². The van der Waals surface area contributed by atoms with E-state index < -0.39 is 11.8 Å². The molecule has 3 N–H and O–H groups in total. The highest BCUT2D eigenvalue weighted by molar-refractivity contribution is 6.39. The molecule has 0 atom stereocenters. The van der Waals surface area contributed by atoms with Crippen molar-refractivity contribution in [3.63, 3.8) is 0 Å². The minimum atomic E-state index is -0.965. The molecule has 10 heteroatoms. The molecule has 3 aromatic rings. The summed E-state index contributed by atoms with van der Waals surface area (Å²) in [6, 6.07) is 20.1. The van der Waals surface area contributed by atoms with E-state index in [0.717, 1.165) is 0 Å². The van der Waals surface area contributed by atoms with Gasteiger partial charge in [-0.3, -0.25) is 14.4 Å². The van der Waals surface area contributed by atoms with E-state index in [-0.39, 0.29) is 12.5 Å². The van der Waals surface area contributed by atoms with Gasteiger partial charge < -0.3 is 20.1 Å². The lowest BCUT2D eigenvalue weighted by Crippen LogP contribution is -2.32. The molecule has 0 aliphatic heterocycles. The van der Waals surface area contributed by atoms with Crippen LogP contribution in [0.25, 0.3) is 0 Å². The molecule has 0 fully saturated rings. The number of benzene rings is 3. The molecule has 3 aromatic carbocycles. The van der Waals surface area contributed by atoms with Gasteiger partial charge in [0.15, 0.2) is 6.61 Å². The van der Waals surface area contributed by atoms with Crippen molar-refractivity contribution in [1.29, 1.82) is 0 Å². The van der Waals surface area contributed by atoms with Crippen molar-refractivity contribution >= 4 is 46.9 Å². The average molecular weight is 481 g/mol. The van der Waals surface area contributed by atoms with Crippen molar-refractivity contribution in [1.82, 2.24) is 5.43 Å². The number of methoxy groups -OCH3 is 1. The van der Waals surface area contributed by atoms with Crippen LogP contribution in [0.2, 0.25) is 5.02 Å². The summed E-state index contributed by atoms with van der Waals surface area (Å²) < 4.78 is 10.7. The third-order valence-electron chi connectivity index (χ3n) is 4.29. The fraction of sp³-hybridized carbons (Fsp3) is 0.0833. The molecular weight excluding hydrogens is 460 g/mol. The number of para-hydroxylation sites is 1. The van der Waals surface area contributed by atoms with E-state index in [1.807, 2.05) is 0 Å². The summed E-state index contributed by atoms with van der Waals surface area (Å²) >= 11 is 5.85.